The lowest BCUT2D eigenvalue weighted by atomic mass is 9.66. The zero-order valence-corrected chi connectivity index (χ0v) is 16.8. The third kappa shape index (κ3) is 2.97. The lowest BCUT2D eigenvalue weighted by Gasteiger charge is -2.54. The second-order valence-corrected chi connectivity index (χ2v) is 8.30. The maximum atomic E-state index is 12.1. The van der Waals surface area contributed by atoms with Crippen LogP contribution in [0.3, 0.4) is 0 Å². The van der Waals surface area contributed by atoms with Crippen LogP contribution in [-0.2, 0) is 16.8 Å². The van der Waals surface area contributed by atoms with E-state index in [2.05, 4.69) is 10.8 Å². The number of hydrogen-bond acceptors (Lipinski definition) is 5. The van der Waals surface area contributed by atoms with E-state index >= 15 is 0 Å². The van der Waals surface area contributed by atoms with Crippen LogP contribution in [0.25, 0.3) is 0 Å². The first-order chi connectivity index (χ1) is 14.6. The van der Waals surface area contributed by atoms with Gasteiger partial charge < -0.3 is 9.84 Å². The highest BCUT2D eigenvalue weighted by Crippen LogP contribution is 2.47. The zero-order chi connectivity index (χ0) is 20.7. The van der Waals surface area contributed by atoms with Crippen molar-refractivity contribution in [3.05, 3.63) is 59.3 Å². The summed E-state index contributed by atoms with van der Waals surface area (Å²) < 4.78 is 5.08. The topological polar surface area (TPSA) is 65.9 Å². The van der Waals surface area contributed by atoms with Crippen molar-refractivity contribution in [1.82, 2.24) is 9.88 Å². The molecule has 1 aromatic carbocycles. The third-order valence-corrected chi connectivity index (χ3v) is 6.73. The summed E-state index contributed by atoms with van der Waals surface area (Å²) in [7, 11) is 0. The van der Waals surface area contributed by atoms with Gasteiger partial charge in [0.05, 0.1) is 12.2 Å². The molecule has 0 spiro atoms. The molecule has 4 fully saturated rings. The molecular formula is C24H25N3O3. The third-order valence-electron chi connectivity index (χ3n) is 6.73. The molecule has 0 saturated carbocycles. The smallest absolute Gasteiger partial charge is 0.415 e. The maximum Gasteiger partial charge on any atom is 0.415 e. The van der Waals surface area contributed by atoms with E-state index in [4.69, 9.17) is 16.1 Å². The van der Waals surface area contributed by atoms with E-state index in [0.717, 1.165) is 42.8 Å². The molecular weight excluding hydrogens is 378 g/mol. The number of pyridine rings is 1. The van der Waals surface area contributed by atoms with Crippen molar-refractivity contribution in [2.45, 2.75) is 30.9 Å². The van der Waals surface area contributed by atoms with Gasteiger partial charge in [-0.2, -0.15) is 0 Å². The van der Waals surface area contributed by atoms with Crippen LogP contribution in [0.15, 0.2) is 42.5 Å². The van der Waals surface area contributed by atoms with Gasteiger partial charge in [-0.3, -0.25) is 9.80 Å². The SMILES string of the molecule is C#CC1N2CCC(CC2)C1(O)c1ccc(N2CCOC2=O)nc1Cc1ccccc1. The molecule has 0 radical (unpaired) electrons. The summed E-state index contributed by atoms with van der Waals surface area (Å²) in [5.74, 6) is 3.51. The number of carbonyl (C=O) groups is 1. The van der Waals surface area contributed by atoms with Crippen molar-refractivity contribution < 1.29 is 14.6 Å². The van der Waals surface area contributed by atoms with Gasteiger partial charge in [-0.15, -0.1) is 6.42 Å². The van der Waals surface area contributed by atoms with Crippen LogP contribution < -0.4 is 4.90 Å². The van der Waals surface area contributed by atoms with Crippen LogP contribution >= 0.6 is 0 Å². The molecule has 1 aromatic heterocycles. The Labute approximate surface area is 176 Å². The molecule has 4 aliphatic rings. The molecule has 4 aliphatic heterocycles. The van der Waals surface area contributed by atoms with E-state index < -0.39 is 5.60 Å². The molecule has 1 amide bonds. The van der Waals surface area contributed by atoms with E-state index in [9.17, 15) is 9.90 Å². The van der Waals surface area contributed by atoms with E-state index in [1.54, 1.807) is 6.07 Å². The molecule has 2 atom stereocenters. The van der Waals surface area contributed by atoms with Crippen LogP contribution in [0.4, 0.5) is 10.6 Å². The fraction of sp³-hybridized carbons (Fsp3) is 0.417. The molecule has 2 aromatic rings. The van der Waals surface area contributed by atoms with Gasteiger partial charge in [-0.25, -0.2) is 9.78 Å². The van der Waals surface area contributed by atoms with Crippen LogP contribution in [0.1, 0.15) is 29.7 Å². The molecule has 4 saturated heterocycles. The van der Waals surface area contributed by atoms with E-state index in [-0.39, 0.29) is 18.1 Å². The number of cyclic esters (lactones) is 1. The summed E-state index contributed by atoms with van der Waals surface area (Å²) >= 11 is 0. The Balaban J connectivity index is 1.62. The standard InChI is InChI=1S/C24H25N3O3/c1-2-21-24(29,18-10-12-26(21)13-11-18)19-8-9-22(27-14-15-30-23(27)28)25-20(19)16-17-6-4-3-5-7-17/h1,3-9,18,21,29H,10-16H2. The number of anilines is 1. The molecule has 30 heavy (non-hydrogen) atoms. The molecule has 0 aliphatic carbocycles. The quantitative estimate of drug-likeness (QED) is 0.795. The predicted octanol–water partition coefficient (Wildman–Crippen LogP) is 2.54. The number of amides is 1. The molecule has 6 rings (SSSR count). The number of rotatable bonds is 4. The van der Waals surface area contributed by atoms with Crippen molar-refractivity contribution in [2.24, 2.45) is 5.92 Å². The summed E-state index contributed by atoms with van der Waals surface area (Å²) in [6.07, 6.45) is 7.91. The van der Waals surface area contributed by atoms with Gasteiger partial charge in [-0.1, -0.05) is 42.3 Å². The monoisotopic (exact) mass is 403 g/mol. The van der Waals surface area contributed by atoms with Gasteiger partial charge in [0.1, 0.15) is 24.1 Å². The molecule has 1 N–H and O–H groups in total. The van der Waals surface area contributed by atoms with Crippen molar-refractivity contribution in [1.29, 1.82) is 0 Å². The summed E-state index contributed by atoms with van der Waals surface area (Å²) in [4.78, 5) is 20.7. The highest BCUT2D eigenvalue weighted by atomic mass is 16.6. The van der Waals surface area contributed by atoms with Gasteiger partial charge in [0.15, 0.2) is 0 Å². The first kappa shape index (κ1) is 19.1. The maximum absolute atomic E-state index is 12.1. The number of aliphatic hydroxyl groups is 1. The van der Waals surface area contributed by atoms with Crippen LogP contribution in [0.2, 0.25) is 0 Å². The fourth-order valence-electron chi connectivity index (χ4n) is 5.23. The number of carbonyl (C=O) groups excluding carboxylic acids is 1. The Bertz CT molecular complexity index is 995. The van der Waals surface area contributed by atoms with Gasteiger partial charge >= 0.3 is 6.09 Å². The van der Waals surface area contributed by atoms with Crippen molar-refractivity contribution in [3.8, 4) is 12.3 Å². The summed E-state index contributed by atoms with van der Waals surface area (Å²) in [6.45, 7) is 2.67. The number of hydrogen-bond donors (Lipinski definition) is 1. The fourth-order valence-corrected chi connectivity index (χ4v) is 5.23. The minimum absolute atomic E-state index is 0.0995. The van der Waals surface area contributed by atoms with Crippen LogP contribution in [0, 0.1) is 18.3 Å². The van der Waals surface area contributed by atoms with Gasteiger partial charge in [-0.05, 0) is 43.5 Å². The van der Waals surface area contributed by atoms with Crippen molar-refractivity contribution in [2.75, 3.05) is 31.1 Å². The molecule has 2 bridgehead atoms. The summed E-state index contributed by atoms with van der Waals surface area (Å²) in [5, 5.41) is 12.0. The number of fused-ring (bicyclic) bond motifs is 3. The first-order valence-electron chi connectivity index (χ1n) is 10.5. The Morgan fingerprint density at radius 2 is 1.93 bits per heavy atom. The molecule has 6 nitrogen and oxygen atoms in total. The Morgan fingerprint density at radius 3 is 2.60 bits per heavy atom. The molecule has 5 heterocycles. The highest BCUT2D eigenvalue weighted by Gasteiger charge is 2.54. The zero-order valence-electron chi connectivity index (χ0n) is 16.8. The second-order valence-electron chi connectivity index (χ2n) is 8.30. The molecule has 6 heteroatoms. The van der Waals surface area contributed by atoms with Gasteiger partial charge in [0.25, 0.3) is 0 Å². The second kappa shape index (κ2) is 7.42. The normalized spacial score (nSPS) is 30.2. The lowest BCUT2D eigenvalue weighted by molar-refractivity contribution is -0.143. The Kier molecular flexibility index (Phi) is 4.73. The Morgan fingerprint density at radius 1 is 1.17 bits per heavy atom. The highest BCUT2D eigenvalue weighted by molar-refractivity contribution is 5.88. The molecule has 2 unspecified atom stereocenters. The number of aromatic nitrogens is 1. The first-order valence-corrected chi connectivity index (χ1v) is 10.5. The lowest BCUT2D eigenvalue weighted by Crippen LogP contribution is -2.63. The average Bonchev–Trinajstić information content (AvgIpc) is 3.21. The number of ether oxygens (including phenoxy) is 1. The predicted molar refractivity (Wildman–Crippen MR) is 113 cm³/mol. The summed E-state index contributed by atoms with van der Waals surface area (Å²) in [6, 6.07) is 13.4. The number of benzene rings is 1. The van der Waals surface area contributed by atoms with E-state index in [1.165, 1.54) is 4.90 Å². The summed E-state index contributed by atoms with van der Waals surface area (Å²) in [5.41, 5.74) is 1.48. The van der Waals surface area contributed by atoms with E-state index in [0.29, 0.717) is 25.4 Å². The van der Waals surface area contributed by atoms with E-state index in [1.807, 2.05) is 36.4 Å². The average molecular weight is 403 g/mol. The molecule has 154 valence electrons. The number of terminal acetylenes is 1. The number of nitrogens with zero attached hydrogens (tertiary/aromatic N) is 3. The number of piperidine rings is 3. The van der Waals surface area contributed by atoms with Gasteiger partial charge in [0, 0.05) is 12.0 Å². The minimum Gasteiger partial charge on any atom is -0.447 e. The van der Waals surface area contributed by atoms with Crippen LogP contribution in [-0.4, -0.2) is 53.4 Å². The largest absolute Gasteiger partial charge is 0.447 e. The van der Waals surface area contributed by atoms with Crippen molar-refractivity contribution in [3.63, 3.8) is 0 Å². The van der Waals surface area contributed by atoms with Crippen molar-refractivity contribution >= 4 is 11.9 Å². The van der Waals surface area contributed by atoms with Crippen LogP contribution in [0.5, 0.6) is 0 Å². The Hall–Kier alpha value is -2.88. The minimum atomic E-state index is -1.15. The van der Waals surface area contributed by atoms with Gasteiger partial charge in [0.2, 0.25) is 0 Å².